The van der Waals surface area contributed by atoms with Crippen LogP contribution in [0.2, 0.25) is 0 Å². The lowest BCUT2D eigenvalue weighted by Gasteiger charge is -2.37. The Morgan fingerprint density at radius 1 is 0.846 bits per heavy atom. The van der Waals surface area contributed by atoms with E-state index in [1.165, 1.54) is 29.8 Å². The zero-order valence-electron chi connectivity index (χ0n) is 21.2. The van der Waals surface area contributed by atoms with Crippen molar-refractivity contribution in [1.82, 2.24) is 14.2 Å². The fourth-order valence-electron chi connectivity index (χ4n) is 4.46. The average Bonchev–Trinajstić information content (AvgIpc) is 2.95. The minimum Gasteiger partial charge on any atom is -0.338 e. The van der Waals surface area contributed by atoms with Crippen LogP contribution in [0.15, 0.2) is 91.0 Å². The molecule has 3 aromatic rings. The van der Waals surface area contributed by atoms with Crippen LogP contribution in [0.4, 0.5) is 13.2 Å². The topological polar surface area (TPSA) is 43.9 Å². The van der Waals surface area contributed by atoms with Crippen molar-refractivity contribution >= 4 is 29.7 Å². The number of piperazine rings is 1. The van der Waals surface area contributed by atoms with Crippen molar-refractivity contribution in [3.8, 4) is 0 Å². The second-order valence-corrected chi connectivity index (χ2v) is 9.76. The molecule has 1 atom stereocenters. The minimum absolute atomic E-state index is 0.229. The van der Waals surface area contributed by atoms with Crippen LogP contribution in [0.5, 0.6) is 0 Å². The highest BCUT2D eigenvalue weighted by Crippen LogP contribution is 2.29. The lowest BCUT2D eigenvalue weighted by Crippen LogP contribution is -2.54. The first-order valence-corrected chi connectivity index (χ1v) is 13.0. The molecule has 204 valence electrons. The SMILES string of the molecule is O=C([C@H](Cc1ccccc1)N(Cl)C(=O)/C=C/c1ccc(C(F)(F)F)cc1)N1CCN(Cc2ccccc2)CC1. The molecule has 3 aromatic carbocycles. The third-order valence-corrected chi connectivity index (χ3v) is 7.03. The number of carbonyl (C=O) groups is 2. The summed E-state index contributed by atoms with van der Waals surface area (Å²) in [7, 11) is 0. The highest BCUT2D eigenvalue weighted by atomic mass is 35.5. The van der Waals surface area contributed by atoms with Gasteiger partial charge in [0.25, 0.3) is 5.91 Å². The van der Waals surface area contributed by atoms with Gasteiger partial charge in [0.2, 0.25) is 5.91 Å². The molecule has 9 heteroatoms. The minimum atomic E-state index is -4.44. The van der Waals surface area contributed by atoms with E-state index in [9.17, 15) is 22.8 Å². The normalized spacial score (nSPS) is 15.3. The van der Waals surface area contributed by atoms with Gasteiger partial charge in [0.05, 0.1) is 5.56 Å². The van der Waals surface area contributed by atoms with Gasteiger partial charge in [-0.3, -0.25) is 14.5 Å². The lowest BCUT2D eigenvalue weighted by molar-refractivity contribution is -0.141. The van der Waals surface area contributed by atoms with Gasteiger partial charge < -0.3 is 4.90 Å². The molecular formula is C30H29ClF3N3O2. The van der Waals surface area contributed by atoms with E-state index >= 15 is 0 Å². The summed E-state index contributed by atoms with van der Waals surface area (Å²) in [5.41, 5.74) is 1.68. The summed E-state index contributed by atoms with van der Waals surface area (Å²) in [6.07, 6.45) is -1.67. The molecule has 0 radical (unpaired) electrons. The molecule has 0 unspecified atom stereocenters. The van der Waals surface area contributed by atoms with Gasteiger partial charge >= 0.3 is 6.18 Å². The standard InChI is InChI=1S/C30H29ClF3N3O2/c31-37(28(38)16-13-23-11-14-26(15-12-23)30(32,33)34)27(21-24-7-3-1-4-8-24)29(39)36-19-17-35(18-20-36)22-25-9-5-2-6-10-25/h1-16,27H,17-22H2/b16-13+/t27-/m0/s1. The van der Waals surface area contributed by atoms with Crippen molar-refractivity contribution in [2.45, 2.75) is 25.2 Å². The molecule has 1 aliphatic rings. The molecule has 1 aliphatic heterocycles. The van der Waals surface area contributed by atoms with Crippen LogP contribution in [0, 0.1) is 0 Å². The summed E-state index contributed by atoms with van der Waals surface area (Å²) < 4.78 is 39.4. The maximum Gasteiger partial charge on any atom is 0.416 e. The van der Waals surface area contributed by atoms with Crippen LogP contribution >= 0.6 is 11.8 Å². The van der Waals surface area contributed by atoms with Crippen LogP contribution in [0.25, 0.3) is 6.08 Å². The van der Waals surface area contributed by atoms with Crippen molar-refractivity contribution in [3.05, 3.63) is 113 Å². The Balaban J connectivity index is 1.43. The molecule has 0 saturated carbocycles. The van der Waals surface area contributed by atoms with Gasteiger partial charge in [-0.15, -0.1) is 0 Å². The van der Waals surface area contributed by atoms with Crippen LogP contribution < -0.4 is 0 Å². The summed E-state index contributed by atoms with van der Waals surface area (Å²) >= 11 is 6.47. The Morgan fingerprint density at radius 2 is 1.41 bits per heavy atom. The van der Waals surface area contributed by atoms with Crippen LogP contribution in [-0.2, 0) is 28.7 Å². The summed E-state index contributed by atoms with van der Waals surface area (Å²) in [5, 5.41) is 0. The molecule has 5 nitrogen and oxygen atoms in total. The fourth-order valence-corrected chi connectivity index (χ4v) is 4.66. The molecule has 1 saturated heterocycles. The molecular weight excluding hydrogens is 527 g/mol. The molecule has 0 aromatic heterocycles. The van der Waals surface area contributed by atoms with Crippen molar-refractivity contribution < 1.29 is 22.8 Å². The Bertz CT molecular complexity index is 1260. The van der Waals surface area contributed by atoms with E-state index in [4.69, 9.17) is 11.8 Å². The molecule has 0 aliphatic carbocycles. The quantitative estimate of drug-likeness (QED) is 0.266. The maximum absolute atomic E-state index is 13.6. The predicted molar refractivity (Wildman–Crippen MR) is 145 cm³/mol. The van der Waals surface area contributed by atoms with E-state index in [1.807, 2.05) is 48.5 Å². The zero-order chi connectivity index (χ0) is 27.8. The Labute approximate surface area is 231 Å². The summed E-state index contributed by atoms with van der Waals surface area (Å²) in [6.45, 7) is 3.21. The molecule has 0 spiro atoms. The molecule has 0 bridgehead atoms. The third-order valence-electron chi connectivity index (χ3n) is 6.63. The van der Waals surface area contributed by atoms with Gasteiger partial charge in [0.1, 0.15) is 6.04 Å². The van der Waals surface area contributed by atoms with Crippen molar-refractivity contribution in [2.75, 3.05) is 26.2 Å². The molecule has 1 heterocycles. The Morgan fingerprint density at radius 3 is 1.97 bits per heavy atom. The number of hydrogen-bond donors (Lipinski definition) is 0. The molecule has 4 rings (SSSR count). The Kier molecular flexibility index (Phi) is 9.43. The molecule has 1 fully saturated rings. The van der Waals surface area contributed by atoms with E-state index in [-0.39, 0.29) is 12.3 Å². The van der Waals surface area contributed by atoms with Gasteiger partial charge in [-0.25, -0.2) is 4.42 Å². The number of benzene rings is 3. The van der Waals surface area contributed by atoms with E-state index in [1.54, 1.807) is 4.90 Å². The summed E-state index contributed by atoms with van der Waals surface area (Å²) in [4.78, 5) is 30.6. The Hall–Kier alpha value is -3.62. The largest absolute Gasteiger partial charge is 0.416 e. The molecule has 0 N–H and O–H groups in total. The second kappa shape index (κ2) is 13.0. The van der Waals surface area contributed by atoms with Crippen molar-refractivity contribution in [2.24, 2.45) is 0 Å². The summed E-state index contributed by atoms with van der Waals surface area (Å²) in [5.74, 6) is -0.877. The van der Waals surface area contributed by atoms with Gasteiger partial charge in [-0.05, 0) is 34.9 Å². The van der Waals surface area contributed by atoms with Crippen LogP contribution in [0.1, 0.15) is 22.3 Å². The lowest BCUT2D eigenvalue weighted by atomic mass is 10.0. The number of halogens is 4. The molecule has 2 amide bonds. The highest BCUT2D eigenvalue weighted by molar-refractivity contribution is 6.25. The number of carbonyl (C=O) groups excluding carboxylic acids is 2. The van der Waals surface area contributed by atoms with Gasteiger partial charge in [0.15, 0.2) is 0 Å². The molecule has 39 heavy (non-hydrogen) atoms. The number of rotatable bonds is 8. The monoisotopic (exact) mass is 555 g/mol. The summed E-state index contributed by atoms with van der Waals surface area (Å²) in [6, 6.07) is 22.9. The van der Waals surface area contributed by atoms with E-state index in [2.05, 4.69) is 17.0 Å². The average molecular weight is 556 g/mol. The van der Waals surface area contributed by atoms with Crippen LogP contribution in [0.3, 0.4) is 0 Å². The first-order chi connectivity index (χ1) is 18.7. The first kappa shape index (κ1) is 28.4. The third kappa shape index (κ3) is 7.94. The second-order valence-electron chi connectivity index (χ2n) is 9.40. The van der Waals surface area contributed by atoms with Crippen molar-refractivity contribution in [3.63, 3.8) is 0 Å². The van der Waals surface area contributed by atoms with E-state index in [0.29, 0.717) is 31.7 Å². The van der Waals surface area contributed by atoms with E-state index in [0.717, 1.165) is 28.7 Å². The maximum atomic E-state index is 13.6. The number of hydrogen-bond acceptors (Lipinski definition) is 3. The highest BCUT2D eigenvalue weighted by Gasteiger charge is 2.33. The van der Waals surface area contributed by atoms with Gasteiger partial charge in [-0.1, -0.05) is 72.8 Å². The number of nitrogens with zero attached hydrogens (tertiary/aromatic N) is 3. The van der Waals surface area contributed by atoms with Gasteiger partial charge in [-0.2, -0.15) is 13.2 Å². The number of alkyl halides is 3. The smallest absolute Gasteiger partial charge is 0.338 e. The van der Waals surface area contributed by atoms with E-state index < -0.39 is 23.7 Å². The zero-order valence-corrected chi connectivity index (χ0v) is 22.0. The number of amides is 2. The van der Waals surface area contributed by atoms with Crippen LogP contribution in [-0.4, -0.2) is 58.3 Å². The first-order valence-electron chi connectivity index (χ1n) is 12.6. The van der Waals surface area contributed by atoms with Crippen molar-refractivity contribution in [1.29, 1.82) is 0 Å². The van der Waals surface area contributed by atoms with Gasteiger partial charge in [0, 0.05) is 57.0 Å². The predicted octanol–water partition coefficient (Wildman–Crippen LogP) is 5.66. The fraction of sp³-hybridized carbons (Fsp3) is 0.267.